The molecule has 144 valence electrons. The van der Waals surface area contributed by atoms with Crippen molar-refractivity contribution in [3.8, 4) is 0 Å². The number of aliphatic hydroxyl groups is 1. The lowest BCUT2D eigenvalue weighted by atomic mass is 9.95. The summed E-state index contributed by atoms with van der Waals surface area (Å²) < 4.78 is 6.15. The van der Waals surface area contributed by atoms with E-state index in [2.05, 4.69) is 49.9 Å². The van der Waals surface area contributed by atoms with Gasteiger partial charge in [-0.1, -0.05) is 6.07 Å². The second-order valence-corrected chi connectivity index (χ2v) is 8.27. The fourth-order valence-corrected chi connectivity index (χ4v) is 4.30. The van der Waals surface area contributed by atoms with Gasteiger partial charge in [0.25, 0.3) is 0 Å². The Bertz CT molecular complexity index is 964. The van der Waals surface area contributed by atoms with Crippen LogP contribution >= 0.6 is 11.3 Å². The summed E-state index contributed by atoms with van der Waals surface area (Å²) in [6.45, 7) is 6.40. The molecule has 0 saturated carbocycles. The summed E-state index contributed by atoms with van der Waals surface area (Å²) >= 11 is 1.59. The Morgan fingerprint density at radius 2 is 1.89 bits per heavy atom. The zero-order valence-electron chi connectivity index (χ0n) is 15.6. The van der Waals surface area contributed by atoms with Crippen LogP contribution < -0.4 is 4.90 Å². The van der Waals surface area contributed by atoms with E-state index in [1.807, 2.05) is 5.51 Å². The molecule has 2 aliphatic rings. The molecule has 28 heavy (non-hydrogen) atoms. The number of anilines is 1. The number of ether oxygens (including phenoxy) is 1. The van der Waals surface area contributed by atoms with Crippen LogP contribution in [0.2, 0.25) is 0 Å². The van der Waals surface area contributed by atoms with Gasteiger partial charge in [-0.2, -0.15) is 0 Å². The molecule has 8 heteroatoms. The first-order valence-electron chi connectivity index (χ1n) is 9.41. The number of piperazine rings is 1. The molecule has 5 rings (SSSR count). The van der Waals surface area contributed by atoms with Gasteiger partial charge in [0.05, 0.1) is 24.2 Å². The minimum Gasteiger partial charge on any atom is -0.380 e. The molecule has 0 bridgehead atoms. The smallest absolute Gasteiger partial charge is 0.225 e. The second kappa shape index (κ2) is 6.94. The summed E-state index contributed by atoms with van der Waals surface area (Å²) in [7, 11) is 0. The third-order valence-electron chi connectivity index (χ3n) is 5.66. The normalized spacial score (nSPS) is 20.6. The average molecular weight is 395 g/mol. The van der Waals surface area contributed by atoms with E-state index in [0.29, 0.717) is 19.2 Å². The third kappa shape index (κ3) is 3.10. The van der Waals surface area contributed by atoms with Crippen molar-refractivity contribution < 1.29 is 9.84 Å². The summed E-state index contributed by atoms with van der Waals surface area (Å²) in [5.41, 5.74) is 3.78. The summed E-state index contributed by atoms with van der Waals surface area (Å²) in [5.74, 6) is 0.712. The summed E-state index contributed by atoms with van der Waals surface area (Å²) in [5, 5.41) is 10.3. The van der Waals surface area contributed by atoms with E-state index < -0.39 is 5.60 Å². The number of rotatable bonds is 4. The molecule has 0 radical (unpaired) electrons. The molecule has 2 aromatic heterocycles. The summed E-state index contributed by atoms with van der Waals surface area (Å²) in [6, 6.07) is 8.91. The Morgan fingerprint density at radius 3 is 2.57 bits per heavy atom. The highest BCUT2D eigenvalue weighted by molar-refractivity contribution is 7.16. The highest BCUT2D eigenvalue weighted by atomic mass is 32.1. The van der Waals surface area contributed by atoms with Crippen LogP contribution in [-0.2, 0) is 10.3 Å². The molecule has 0 aliphatic carbocycles. The van der Waals surface area contributed by atoms with Crippen molar-refractivity contribution in [1.29, 1.82) is 0 Å². The molecule has 3 aromatic rings. The first kappa shape index (κ1) is 17.8. The van der Waals surface area contributed by atoms with Gasteiger partial charge >= 0.3 is 0 Å². The summed E-state index contributed by atoms with van der Waals surface area (Å²) in [6.07, 6.45) is 3.43. The van der Waals surface area contributed by atoms with Crippen LogP contribution in [0.15, 0.2) is 24.0 Å². The van der Waals surface area contributed by atoms with Crippen LogP contribution in [-0.4, -0.2) is 64.4 Å². The third-order valence-corrected chi connectivity index (χ3v) is 6.42. The molecule has 2 fully saturated rings. The number of hydrogen-bond acceptors (Lipinski definition) is 8. The minimum absolute atomic E-state index is 0.264. The van der Waals surface area contributed by atoms with Gasteiger partial charge in [0.15, 0.2) is 0 Å². The van der Waals surface area contributed by atoms with Gasteiger partial charge in [-0.15, -0.1) is 11.3 Å². The van der Waals surface area contributed by atoms with Crippen molar-refractivity contribution in [1.82, 2.24) is 19.9 Å². The quantitative estimate of drug-likeness (QED) is 0.722. The van der Waals surface area contributed by atoms with E-state index in [-0.39, 0.29) is 6.04 Å². The van der Waals surface area contributed by atoms with Crippen LogP contribution in [0.5, 0.6) is 0 Å². The van der Waals surface area contributed by atoms with E-state index in [1.54, 1.807) is 23.7 Å². The van der Waals surface area contributed by atoms with Gasteiger partial charge in [0, 0.05) is 55.7 Å². The van der Waals surface area contributed by atoms with Gasteiger partial charge in [0.2, 0.25) is 5.95 Å². The van der Waals surface area contributed by atoms with Crippen molar-refractivity contribution in [2.45, 2.75) is 18.6 Å². The first-order valence-corrected chi connectivity index (χ1v) is 10.3. The van der Waals surface area contributed by atoms with Gasteiger partial charge in [-0.3, -0.25) is 4.90 Å². The number of nitrogens with zero attached hydrogens (tertiary/aromatic N) is 5. The van der Waals surface area contributed by atoms with Crippen LogP contribution in [0.4, 0.5) is 5.95 Å². The van der Waals surface area contributed by atoms with Gasteiger partial charge in [-0.05, 0) is 19.1 Å². The number of fused-ring (bicyclic) bond motifs is 1. The van der Waals surface area contributed by atoms with E-state index >= 15 is 0 Å². The highest BCUT2D eigenvalue weighted by Gasteiger charge is 2.38. The zero-order valence-corrected chi connectivity index (χ0v) is 16.4. The monoisotopic (exact) mass is 395 g/mol. The van der Waals surface area contributed by atoms with E-state index in [4.69, 9.17) is 4.74 Å². The molecule has 1 atom stereocenters. The molecule has 4 heterocycles. The van der Waals surface area contributed by atoms with Crippen LogP contribution in [0.1, 0.15) is 24.1 Å². The Hall–Kier alpha value is -2.31. The maximum atomic E-state index is 10.3. The molecule has 2 aliphatic heterocycles. The zero-order chi connectivity index (χ0) is 19.1. The number of thiazole rings is 1. The number of hydrogen-bond donors (Lipinski definition) is 1. The Morgan fingerprint density at radius 1 is 1.14 bits per heavy atom. The lowest BCUT2D eigenvalue weighted by molar-refractivity contribution is -0.184. The van der Waals surface area contributed by atoms with Crippen LogP contribution in [0.25, 0.3) is 10.2 Å². The maximum absolute atomic E-state index is 10.3. The van der Waals surface area contributed by atoms with Crippen LogP contribution in [0.3, 0.4) is 0 Å². The van der Waals surface area contributed by atoms with E-state index in [1.165, 1.54) is 0 Å². The molecule has 0 amide bonds. The topological polar surface area (TPSA) is 74.6 Å². The predicted molar refractivity (Wildman–Crippen MR) is 106 cm³/mol. The Kier molecular flexibility index (Phi) is 4.40. The molecule has 0 spiro atoms. The minimum atomic E-state index is -0.918. The average Bonchev–Trinajstić information content (AvgIpc) is 3.19. The van der Waals surface area contributed by atoms with Gasteiger partial charge in [-0.25, -0.2) is 15.0 Å². The molecule has 1 unspecified atom stereocenters. The van der Waals surface area contributed by atoms with Crippen molar-refractivity contribution in [3.63, 3.8) is 0 Å². The van der Waals surface area contributed by atoms with E-state index in [0.717, 1.165) is 47.5 Å². The van der Waals surface area contributed by atoms with Gasteiger partial charge < -0.3 is 14.7 Å². The summed E-state index contributed by atoms with van der Waals surface area (Å²) in [4.78, 5) is 18.0. The number of aromatic nitrogens is 3. The lowest BCUT2D eigenvalue weighted by Gasteiger charge is -2.38. The predicted octanol–water partition coefficient (Wildman–Crippen LogP) is 1.79. The largest absolute Gasteiger partial charge is 0.380 e. The van der Waals surface area contributed by atoms with Crippen LogP contribution in [0, 0.1) is 12.1 Å². The van der Waals surface area contributed by atoms with E-state index in [9.17, 15) is 5.11 Å². The molecular weight excluding hydrogens is 374 g/mol. The standard InChI is InChI=1S/C20H21N5O2S/c1-14(15-2-3-18-17(8-15)23-13-28-18)24-4-6-25(7-5-24)19-21-9-16(10-22-19)20(26)11-27-12-20/h8-10,13-14,26H,4-7,11-12H2,1H3. The molecule has 1 aromatic carbocycles. The second-order valence-electron chi connectivity index (χ2n) is 7.41. The van der Waals surface area contributed by atoms with Crippen molar-refractivity contribution >= 4 is 27.5 Å². The van der Waals surface area contributed by atoms with Crippen molar-refractivity contribution in [2.24, 2.45) is 0 Å². The van der Waals surface area contributed by atoms with Crippen molar-refractivity contribution in [3.05, 3.63) is 47.2 Å². The lowest BCUT2D eigenvalue weighted by Crippen LogP contribution is -2.48. The maximum Gasteiger partial charge on any atom is 0.225 e. The fourth-order valence-electron chi connectivity index (χ4n) is 3.68. The first-order chi connectivity index (χ1) is 13.6. The van der Waals surface area contributed by atoms with Crippen molar-refractivity contribution in [2.75, 3.05) is 44.3 Å². The molecule has 1 N–H and O–H groups in total. The molecule has 2 saturated heterocycles. The highest BCUT2D eigenvalue weighted by Crippen LogP contribution is 2.29. The Balaban J connectivity index is 1.23. The fraction of sp³-hybridized carbons (Fsp3) is 0.450. The Labute approximate surface area is 167 Å². The SMILES string of the molecule is CC(c1c#cc2scnc2c1)N1CCN(c2ncc(C3(O)COC3)cn2)CC1. The molecule has 7 nitrogen and oxygen atoms in total. The van der Waals surface area contributed by atoms with Gasteiger partial charge in [0.1, 0.15) is 10.3 Å². The molecular formula is C20H21N5O2S.